The van der Waals surface area contributed by atoms with Crippen LogP contribution in [0.25, 0.3) is 0 Å². The Bertz CT molecular complexity index is 594. The number of nitrogens with one attached hydrogen (secondary N) is 1. The highest BCUT2D eigenvalue weighted by Crippen LogP contribution is 2.37. The van der Waals surface area contributed by atoms with Gasteiger partial charge >= 0.3 is 0 Å². The van der Waals surface area contributed by atoms with E-state index in [9.17, 15) is 0 Å². The first-order valence-electron chi connectivity index (χ1n) is 5.74. The van der Waals surface area contributed by atoms with E-state index >= 15 is 0 Å². The molecule has 0 saturated carbocycles. The van der Waals surface area contributed by atoms with Crippen molar-refractivity contribution >= 4 is 54.8 Å². The minimum Gasteiger partial charge on any atom is -0.313 e. The van der Waals surface area contributed by atoms with Crippen LogP contribution in [0.2, 0.25) is 5.15 Å². The molecule has 0 saturated heterocycles. The lowest BCUT2D eigenvalue weighted by Gasteiger charge is -2.15. The molecule has 0 aromatic carbocycles. The van der Waals surface area contributed by atoms with Gasteiger partial charge in [-0.15, -0.1) is 11.3 Å². The monoisotopic (exact) mass is 425 g/mol. The second kappa shape index (κ2) is 6.26. The predicted octanol–water partition coefficient (Wildman–Crippen LogP) is 4.47. The number of thiophene rings is 1. The molecule has 0 aliphatic heterocycles. The van der Waals surface area contributed by atoms with Gasteiger partial charge in [-0.05, 0) is 63.9 Å². The van der Waals surface area contributed by atoms with Gasteiger partial charge in [0.05, 0.1) is 13.3 Å². The van der Waals surface area contributed by atoms with E-state index < -0.39 is 0 Å². The van der Waals surface area contributed by atoms with Crippen molar-refractivity contribution in [2.45, 2.75) is 19.4 Å². The number of halogens is 3. The number of hydrogen-bond acceptors (Lipinski definition) is 3. The van der Waals surface area contributed by atoms with Gasteiger partial charge in [0.1, 0.15) is 5.15 Å². The zero-order valence-electron chi connectivity index (χ0n) is 10.8. The third-order valence-electron chi connectivity index (χ3n) is 3.09. The molecule has 0 bridgehead atoms. The smallest absolute Gasteiger partial charge is 0.130 e. The second-order valence-corrected chi connectivity index (χ2v) is 8.41. The molecule has 1 N–H and O–H groups in total. The van der Waals surface area contributed by atoms with Crippen LogP contribution >= 0.6 is 54.8 Å². The first-order chi connectivity index (χ1) is 8.93. The fourth-order valence-electron chi connectivity index (χ4n) is 2.07. The third-order valence-corrected chi connectivity index (χ3v) is 5.94. The molecule has 7 heteroatoms. The summed E-state index contributed by atoms with van der Waals surface area (Å²) in [6.45, 7) is 1.99. The molecule has 0 aliphatic carbocycles. The van der Waals surface area contributed by atoms with Crippen LogP contribution in [0.1, 0.15) is 22.9 Å². The molecule has 104 valence electrons. The molecule has 0 amide bonds. The van der Waals surface area contributed by atoms with Gasteiger partial charge in [0.25, 0.3) is 0 Å². The number of hydrogen-bond donors (Lipinski definition) is 1. The topological polar surface area (TPSA) is 29.9 Å². The summed E-state index contributed by atoms with van der Waals surface area (Å²) < 4.78 is 3.97. The van der Waals surface area contributed by atoms with E-state index in [-0.39, 0.29) is 6.04 Å². The normalized spacial score (nSPS) is 12.9. The lowest BCUT2D eigenvalue weighted by atomic mass is 10.0. The molecule has 2 heterocycles. The molecule has 2 aromatic rings. The highest BCUT2D eigenvalue weighted by Gasteiger charge is 2.20. The van der Waals surface area contributed by atoms with Crippen LogP contribution < -0.4 is 5.32 Å². The van der Waals surface area contributed by atoms with Crippen LogP contribution in [0, 0.1) is 6.92 Å². The summed E-state index contributed by atoms with van der Waals surface area (Å²) in [6.07, 6.45) is 0.816. The summed E-state index contributed by atoms with van der Waals surface area (Å²) in [5.74, 6) is 0. The van der Waals surface area contributed by atoms with Crippen molar-refractivity contribution in [3.05, 3.63) is 35.6 Å². The highest BCUT2D eigenvalue weighted by molar-refractivity contribution is 9.12. The van der Waals surface area contributed by atoms with Crippen LogP contribution in [0.4, 0.5) is 0 Å². The van der Waals surface area contributed by atoms with E-state index in [1.807, 2.05) is 21.0 Å². The summed E-state index contributed by atoms with van der Waals surface area (Å²) in [5.41, 5.74) is 3.31. The summed E-state index contributed by atoms with van der Waals surface area (Å²) in [4.78, 5) is 0. The molecule has 0 fully saturated rings. The SMILES string of the molecule is CNC(Cc1c(C)nn(C)c1Cl)c1cc(Br)sc1Br. The minimum atomic E-state index is 0.206. The molecule has 3 nitrogen and oxygen atoms in total. The predicted molar refractivity (Wildman–Crippen MR) is 88.2 cm³/mol. The third kappa shape index (κ3) is 3.24. The van der Waals surface area contributed by atoms with Crippen molar-refractivity contribution in [2.24, 2.45) is 7.05 Å². The Labute approximate surface area is 138 Å². The average Bonchev–Trinajstić information content (AvgIpc) is 2.79. The van der Waals surface area contributed by atoms with Gasteiger partial charge in [0.2, 0.25) is 0 Å². The van der Waals surface area contributed by atoms with Crippen LogP contribution in [0.15, 0.2) is 13.6 Å². The lowest BCUT2D eigenvalue weighted by Crippen LogP contribution is -2.19. The molecule has 1 unspecified atom stereocenters. The van der Waals surface area contributed by atoms with Gasteiger partial charge in [-0.2, -0.15) is 5.10 Å². The molecule has 19 heavy (non-hydrogen) atoms. The Morgan fingerprint density at radius 1 is 1.53 bits per heavy atom. The maximum atomic E-state index is 6.30. The summed E-state index contributed by atoms with van der Waals surface area (Å²) in [6, 6.07) is 2.34. The second-order valence-electron chi connectivity index (χ2n) is 4.30. The van der Waals surface area contributed by atoms with E-state index in [1.165, 1.54) is 5.56 Å². The Balaban J connectivity index is 2.31. The summed E-state index contributed by atoms with van der Waals surface area (Å²) in [5, 5.41) is 8.41. The van der Waals surface area contributed by atoms with Gasteiger partial charge in [-0.3, -0.25) is 4.68 Å². The van der Waals surface area contributed by atoms with Crippen molar-refractivity contribution < 1.29 is 0 Å². The minimum absolute atomic E-state index is 0.206. The first-order valence-corrected chi connectivity index (χ1v) is 8.52. The number of likely N-dealkylation sites (N-methyl/N-ethyl adjacent to an activating group) is 1. The molecular weight excluding hydrogens is 413 g/mol. The number of aromatic nitrogens is 2. The van der Waals surface area contributed by atoms with Crippen LogP contribution in [0.3, 0.4) is 0 Å². The summed E-state index contributed by atoms with van der Waals surface area (Å²) >= 11 is 15.1. The van der Waals surface area contributed by atoms with Gasteiger partial charge < -0.3 is 5.32 Å². The molecule has 0 radical (unpaired) electrons. The molecule has 0 spiro atoms. The van der Waals surface area contributed by atoms with Crippen LogP contribution in [0.5, 0.6) is 0 Å². The highest BCUT2D eigenvalue weighted by atomic mass is 79.9. The van der Waals surface area contributed by atoms with E-state index in [4.69, 9.17) is 11.6 Å². The van der Waals surface area contributed by atoms with Crippen molar-refractivity contribution in [3.8, 4) is 0 Å². The molecule has 1 atom stereocenters. The quantitative estimate of drug-likeness (QED) is 0.780. The molecule has 2 aromatic heterocycles. The molecule has 0 aliphatic rings. The zero-order chi connectivity index (χ0) is 14.2. The van der Waals surface area contributed by atoms with Crippen LogP contribution in [-0.2, 0) is 13.5 Å². The Kier molecular flexibility index (Phi) is 5.11. The summed E-state index contributed by atoms with van der Waals surface area (Å²) in [7, 11) is 3.83. The van der Waals surface area contributed by atoms with Crippen molar-refractivity contribution in [1.82, 2.24) is 15.1 Å². The Hall–Kier alpha value is 0.120. The van der Waals surface area contributed by atoms with Gasteiger partial charge in [-0.25, -0.2) is 0 Å². The van der Waals surface area contributed by atoms with E-state index in [0.717, 1.165) is 25.3 Å². The number of nitrogens with zero attached hydrogens (tertiary/aromatic N) is 2. The maximum Gasteiger partial charge on any atom is 0.130 e. The molecule has 2 rings (SSSR count). The van der Waals surface area contributed by atoms with Gasteiger partial charge in [0.15, 0.2) is 0 Å². The van der Waals surface area contributed by atoms with E-state index in [1.54, 1.807) is 16.0 Å². The average molecular weight is 428 g/mol. The maximum absolute atomic E-state index is 6.30. The number of aryl methyl sites for hydroxylation is 2. The first kappa shape index (κ1) is 15.5. The van der Waals surface area contributed by atoms with Gasteiger partial charge in [-0.1, -0.05) is 11.6 Å². The standard InChI is InChI=1S/C12H14Br2ClN3S/c1-6-7(12(15)18(3)17-6)4-9(16-2)8-5-10(13)19-11(8)14/h5,9,16H,4H2,1-3H3. The zero-order valence-corrected chi connectivity index (χ0v) is 15.5. The Morgan fingerprint density at radius 2 is 2.21 bits per heavy atom. The number of rotatable bonds is 4. The fourth-order valence-corrected chi connectivity index (χ4v) is 5.29. The van der Waals surface area contributed by atoms with Crippen LogP contribution in [-0.4, -0.2) is 16.8 Å². The lowest BCUT2D eigenvalue weighted by molar-refractivity contribution is 0.590. The Morgan fingerprint density at radius 3 is 2.63 bits per heavy atom. The fraction of sp³-hybridized carbons (Fsp3) is 0.417. The van der Waals surface area contributed by atoms with Gasteiger partial charge in [0, 0.05) is 18.7 Å². The van der Waals surface area contributed by atoms with Crippen molar-refractivity contribution in [2.75, 3.05) is 7.05 Å². The largest absolute Gasteiger partial charge is 0.313 e. The molecular formula is C12H14Br2ClN3S. The van der Waals surface area contributed by atoms with Crippen molar-refractivity contribution in [1.29, 1.82) is 0 Å². The van der Waals surface area contributed by atoms with Crippen molar-refractivity contribution in [3.63, 3.8) is 0 Å². The van der Waals surface area contributed by atoms with E-state index in [0.29, 0.717) is 5.15 Å². The van der Waals surface area contributed by atoms with E-state index in [2.05, 4.69) is 48.3 Å².